The molecule has 0 fully saturated rings. The minimum Gasteiger partial charge on any atom is -0.487 e. The number of anilines is 2. The maximum atomic E-state index is 13.0. The third kappa shape index (κ3) is 4.47. The lowest BCUT2D eigenvalue weighted by atomic mass is 10.1. The molecule has 4 heterocycles. The topological polar surface area (TPSA) is 94.2 Å². The molecule has 5 aromatic rings. The molecule has 168 valence electrons. The molecule has 1 aromatic carbocycles. The molecule has 0 aliphatic rings. The second kappa shape index (κ2) is 9.50. The number of nitrogens with zero attached hydrogens (tertiary/aromatic N) is 5. The normalized spacial score (nSPS) is 10.9. The summed E-state index contributed by atoms with van der Waals surface area (Å²) in [4.78, 5) is 31.9. The van der Waals surface area contributed by atoms with Crippen molar-refractivity contribution >= 4 is 22.7 Å². The summed E-state index contributed by atoms with van der Waals surface area (Å²) in [7, 11) is 0. The van der Waals surface area contributed by atoms with Crippen molar-refractivity contribution in [2.75, 3.05) is 4.90 Å². The molecule has 0 spiro atoms. The van der Waals surface area contributed by atoms with E-state index in [-0.39, 0.29) is 11.6 Å². The summed E-state index contributed by atoms with van der Waals surface area (Å²) in [6, 6.07) is 18.6. The molecule has 0 atom stereocenters. The lowest BCUT2D eigenvalue weighted by Gasteiger charge is -2.21. The highest BCUT2D eigenvalue weighted by molar-refractivity contribution is 5.82. The van der Waals surface area contributed by atoms with Gasteiger partial charge in [-0.1, -0.05) is 12.1 Å². The van der Waals surface area contributed by atoms with Gasteiger partial charge in [0, 0.05) is 24.2 Å². The van der Waals surface area contributed by atoms with Crippen LogP contribution < -0.4 is 15.2 Å². The maximum Gasteiger partial charge on any atom is 0.306 e. The van der Waals surface area contributed by atoms with Gasteiger partial charge in [0.15, 0.2) is 5.58 Å². The van der Waals surface area contributed by atoms with Gasteiger partial charge in [0.1, 0.15) is 12.4 Å². The van der Waals surface area contributed by atoms with Gasteiger partial charge >= 0.3 is 6.01 Å². The molecule has 5 rings (SSSR count). The predicted octanol–water partition coefficient (Wildman–Crippen LogP) is 4.60. The number of aromatic nitrogens is 4. The Morgan fingerprint density at radius 2 is 1.71 bits per heavy atom. The van der Waals surface area contributed by atoms with E-state index in [0.29, 0.717) is 35.4 Å². The van der Waals surface area contributed by atoms with E-state index in [1.807, 2.05) is 55.5 Å². The van der Waals surface area contributed by atoms with Gasteiger partial charge in [0.25, 0.3) is 5.56 Å². The summed E-state index contributed by atoms with van der Waals surface area (Å²) in [5.74, 6) is 0.608. The summed E-state index contributed by atoms with van der Waals surface area (Å²) in [6.45, 7) is 2.51. The molecule has 0 saturated heterocycles. The van der Waals surface area contributed by atoms with Crippen molar-refractivity contribution in [1.29, 1.82) is 0 Å². The van der Waals surface area contributed by atoms with E-state index < -0.39 is 0 Å². The number of fused-ring (bicyclic) bond motifs is 1. The smallest absolute Gasteiger partial charge is 0.306 e. The number of hydrogen-bond donors (Lipinski definition) is 0. The molecule has 0 N–H and O–H groups in total. The Hall–Kier alpha value is -4.59. The van der Waals surface area contributed by atoms with Crippen molar-refractivity contribution in [3.05, 3.63) is 113 Å². The number of aryl methyl sites for hydroxylation is 1. The van der Waals surface area contributed by atoms with Crippen LogP contribution in [0.5, 0.6) is 5.75 Å². The fraction of sp³-hybridized carbons (Fsp3) is 0.115. The highest BCUT2D eigenvalue weighted by atomic mass is 16.5. The third-order valence-corrected chi connectivity index (χ3v) is 5.31. The number of rotatable bonds is 7. The first-order valence-corrected chi connectivity index (χ1v) is 10.7. The van der Waals surface area contributed by atoms with Crippen molar-refractivity contribution < 1.29 is 9.15 Å². The van der Waals surface area contributed by atoms with E-state index in [2.05, 4.69) is 19.9 Å². The van der Waals surface area contributed by atoms with Gasteiger partial charge in [-0.2, -0.15) is 4.98 Å². The highest BCUT2D eigenvalue weighted by Gasteiger charge is 2.19. The molecule has 4 aromatic heterocycles. The van der Waals surface area contributed by atoms with Gasteiger partial charge in [0.2, 0.25) is 0 Å². The molecule has 0 aliphatic carbocycles. The molecule has 0 bridgehead atoms. The van der Waals surface area contributed by atoms with Crippen molar-refractivity contribution in [2.24, 2.45) is 0 Å². The fourth-order valence-corrected chi connectivity index (χ4v) is 3.58. The molecule has 8 heteroatoms. The van der Waals surface area contributed by atoms with Crippen molar-refractivity contribution in [3.63, 3.8) is 0 Å². The molecule has 0 aliphatic heterocycles. The second-order valence-electron chi connectivity index (χ2n) is 7.60. The lowest BCUT2D eigenvalue weighted by Crippen LogP contribution is -2.22. The summed E-state index contributed by atoms with van der Waals surface area (Å²) in [6.07, 6.45) is 6.81. The van der Waals surface area contributed by atoms with Crippen molar-refractivity contribution in [2.45, 2.75) is 20.1 Å². The second-order valence-corrected chi connectivity index (χ2v) is 7.60. The molecular formula is C26H21N5O3. The standard InChI is InChI=1S/C26H21N5O3/c1-18-23(33-17-20-8-3-5-14-29-20)11-10-22-24(18)34-26(30-25(22)32)31(21-9-6-12-27-15-21)16-19-7-2-4-13-28-19/h2-15H,16-17H2,1H3. The van der Waals surface area contributed by atoms with Crippen LogP contribution in [0.1, 0.15) is 17.0 Å². The summed E-state index contributed by atoms with van der Waals surface area (Å²) >= 11 is 0. The minimum atomic E-state index is -0.384. The van der Waals surface area contributed by atoms with Gasteiger partial charge in [-0.05, 0) is 55.5 Å². The average Bonchev–Trinajstić information content (AvgIpc) is 2.89. The van der Waals surface area contributed by atoms with E-state index in [1.165, 1.54) is 0 Å². The van der Waals surface area contributed by atoms with Gasteiger partial charge in [-0.25, -0.2) is 0 Å². The first kappa shape index (κ1) is 21.3. The SMILES string of the molecule is Cc1c(OCc2ccccn2)ccc2c(=O)nc(N(Cc3ccccn3)c3cccnc3)oc12. The average molecular weight is 451 g/mol. The minimum absolute atomic E-state index is 0.154. The van der Waals surface area contributed by atoms with Crippen molar-refractivity contribution in [3.8, 4) is 5.75 Å². The van der Waals surface area contributed by atoms with Gasteiger partial charge in [-0.3, -0.25) is 24.6 Å². The summed E-state index contributed by atoms with van der Waals surface area (Å²) < 4.78 is 12.2. The summed E-state index contributed by atoms with van der Waals surface area (Å²) in [5, 5.41) is 0.385. The molecule has 0 amide bonds. The van der Waals surface area contributed by atoms with Crippen LogP contribution in [0.4, 0.5) is 11.7 Å². The van der Waals surface area contributed by atoms with E-state index in [1.54, 1.807) is 41.8 Å². The molecule has 0 unspecified atom stereocenters. The number of benzene rings is 1. The highest BCUT2D eigenvalue weighted by Crippen LogP contribution is 2.31. The third-order valence-electron chi connectivity index (χ3n) is 5.31. The molecule has 0 radical (unpaired) electrons. The Bertz CT molecular complexity index is 1460. The van der Waals surface area contributed by atoms with E-state index >= 15 is 0 Å². The zero-order chi connectivity index (χ0) is 23.3. The number of hydrogen-bond acceptors (Lipinski definition) is 8. The Morgan fingerprint density at radius 3 is 2.41 bits per heavy atom. The first-order valence-electron chi connectivity index (χ1n) is 10.7. The van der Waals surface area contributed by atoms with Gasteiger partial charge in [0.05, 0.1) is 35.2 Å². The van der Waals surface area contributed by atoms with Crippen molar-refractivity contribution in [1.82, 2.24) is 19.9 Å². The van der Waals surface area contributed by atoms with Crippen LogP contribution in [-0.2, 0) is 13.2 Å². The van der Waals surface area contributed by atoms with Crippen LogP contribution in [0, 0.1) is 6.92 Å². The Labute approximate surface area is 195 Å². The number of pyridine rings is 3. The van der Waals surface area contributed by atoms with E-state index in [9.17, 15) is 4.79 Å². The summed E-state index contributed by atoms with van der Waals surface area (Å²) in [5.41, 5.74) is 3.06. The molecule has 0 saturated carbocycles. The van der Waals surface area contributed by atoms with Crippen LogP contribution in [0.15, 0.2) is 94.7 Å². The fourth-order valence-electron chi connectivity index (χ4n) is 3.58. The molecular weight excluding hydrogens is 430 g/mol. The molecule has 34 heavy (non-hydrogen) atoms. The number of ether oxygens (including phenoxy) is 1. The predicted molar refractivity (Wildman–Crippen MR) is 128 cm³/mol. The Kier molecular flexibility index (Phi) is 5.94. The largest absolute Gasteiger partial charge is 0.487 e. The van der Waals surface area contributed by atoms with Crippen LogP contribution >= 0.6 is 0 Å². The van der Waals surface area contributed by atoms with Gasteiger partial charge in [-0.15, -0.1) is 0 Å². The quantitative estimate of drug-likeness (QED) is 0.354. The first-order chi connectivity index (χ1) is 16.7. The van der Waals surface area contributed by atoms with Crippen LogP contribution in [0.25, 0.3) is 11.0 Å². The zero-order valence-corrected chi connectivity index (χ0v) is 18.5. The van der Waals surface area contributed by atoms with E-state index in [0.717, 1.165) is 17.1 Å². The van der Waals surface area contributed by atoms with Crippen LogP contribution in [-0.4, -0.2) is 19.9 Å². The Balaban J connectivity index is 1.56. The molecule has 8 nitrogen and oxygen atoms in total. The Morgan fingerprint density at radius 1 is 0.912 bits per heavy atom. The maximum absolute atomic E-state index is 13.0. The van der Waals surface area contributed by atoms with E-state index in [4.69, 9.17) is 9.15 Å². The van der Waals surface area contributed by atoms with Crippen LogP contribution in [0.2, 0.25) is 0 Å². The van der Waals surface area contributed by atoms with Crippen LogP contribution in [0.3, 0.4) is 0 Å². The monoisotopic (exact) mass is 451 g/mol. The lowest BCUT2D eigenvalue weighted by molar-refractivity contribution is 0.299. The zero-order valence-electron chi connectivity index (χ0n) is 18.5. The van der Waals surface area contributed by atoms with Gasteiger partial charge < -0.3 is 9.15 Å².